The molecule has 0 unspecified atom stereocenters. The van der Waals surface area contributed by atoms with Crippen LogP contribution in [0.15, 0.2) is 6.33 Å². The first-order chi connectivity index (χ1) is 8.34. The van der Waals surface area contributed by atoms with Gasteiger partial charge in [0.25, 0.3) is 0 Å². The quantitative estimate of drug-likeness (QED) is 0.748. The highest BCUT2D eigenvalue weighted by Gasteiger charge is 2.13. The SMILES string of the molecule is O=C(NCCC1CCCCC1)Nc1ncn[nH]1. The Morgan fingerprint density at radius 2 is 2.24 bits per heavy atom. The third-order valence-corrected chi connectivity index (χ3v) is 3.21. The molecule has 0 radical (unpaired) electrons. The number of nitrogens with one attached hydrogen (secondary N) is 3. The smallest absolute Gasteiger partial charge is 0.321 e. The van der Waals surface area contributed by atoms with Crippen LogP contribution in [0.1, 0.15) is 38.5 Å². The van der Waals surface area contributed by atoms with Crippen LogP contribution in [-0.4, -0.2) is 27.8 Å². The summed E-state index contributed by atoms with van der Waals surface area (Å²) in [6.07, 6.45) is 9.11. The Labute approximate surface area is 101 Å². The molecule has 0 atom stereocenters. The maximum Gasteiger partial charge on any atom is 0.321 e. The topological polar surface area (TPSA) is 82.7 Å². The van der Waals surface area contributed by atoms with Gasteiger partial charge in [-0.2, -0.15) is 10.1 Å². The van der Waals surface area contributed by atoms with Crippen molar-refractivity contribution in [2.75, 3.05) is 11.9 Å². The molecule has 1 heterocycles. The highest BCUT2D eigenvalue weighted by molar-refractivity contribution is 5.87. The van der Waals surface area contributed by atoms with E-state index in [2.05, 4.69) is 25.8 Å². The van der Waals surface area contributed by atoms with Gasteiger partial charge in [-0.15, -0.1) is 0 Å². The van der Waals surface area contributed by atoms with Crippen molar-refractivity contribution in [3.63, 3.8) is 0 Å². The van der Waals surface area contributed by atoms with Crippen LogP contribution < -0.4 is 10.6 Å². The largest absolute Gasteiger partial charge is 0.338 e. The molecule has 6 nitrogen and oxygen atoms in total. The fourth-order valence-corrected chi connectivity index (χ4v) is 2.28. The Bertz CT molecular complexity index is 332. The van der Waals surface area contributed by atoms with Gasteiger partial charge in [-0.3, -0.25) is 5.32 Å². The molecule has 1 aliphatic rings. The summed E-state index contributed by atoms with van der Waals surface area (Å²) < 4.78 is 0. The van der Waals surface area contributed by atoms with Crippen LogP contribution in [0, 0.1) is 5.92 Å². The van der Waals surface area contributed by atoms with Crippen LogP contribution in [-0.2, 0) is 0 Å². The van der Waals surface area contributed by atoms with E-state index in [1.54, 1.807) is 0 Å². The summed E-state index contributed by atoms with van der Waals surface area (Å²) in [6, 6.07) is -0.224. The molecule has 1 aliphatic carbocycles. The van der Waals surface area contributed by atoms with Crippen molar-refractivity contribution in [3.05, 3.63) is 6.33 Å². The lowest BCUT2D eigenvalue weighted by atomic mass is 9.87. The fourth-order valence-electron chi connectivity index (χ4n) is 2.28. The number of anilines is 1. The highest BCUT2D eigenvalue weighted by Crippen LogP contribution is 2.25. The van der Waals surface area contributed by atoms with Crippen molar-refractivity contribution in [1.29, 1.82) is 0 Å². The molecule has 2 rings (SSSR count). The summed E-state index contributed by atoms with van der Waals surface area (Å²) in [5.74, 6) is 1.16. The van der Waals surface area contributed by atoms with Gasteiger partial charge >= 0.3 is 6.03 Å². The van der Waals surface area contributed by atoms with E-state index < -0.39 is 0 Å². The fraction of sp³-hybridized carbons (Fsp3) is 0.727. The number of carbonyl (C=O) groups excluding carboxylic acids is 1. The first kappa shape index (κ1) is 11.9. The van der Waals surface area contributed by atoms with E-state index in [0.29, 0.717) is 5.95 Å². The number of hydrogen-bond acceptors (Lipinski definition) is 3. The van der Waals surface area contributed by atoms with Gasteiger partial charge in [-0.05, 0) is 12.3 Å². The van der Waals surface area contributed by atoms with Crippen molar-refractivity contribution in [1.82, 2.24) is 20.5 Å². The predicted octanol–water partition coefficient (Wildman–Crippen LogP) is 1.90. The molecule has 0 aromatic carbocycles. The number of H-pyrrole nitrogens is 1. The molecule has 94 valence electrons. The number of rotatable bonds is 4. The summed E-state index contributed by atoms with van der Waals surface area (Å²) in [4.78, 5) is 15.3. The molecule has 6 heteroatoms. The number of carbonyl (C=O) groups is 1. The lowest BCUT2D eigenvalue weighted by Gasteiger charge is -2.21. The maximum absolute atomic E-state index is 11.4. The molecule has 0 aliphatic heterocycles. The van der Waals surface area contributed by atoms with Crippen LogP contribution >= 0.6 is 0 Å². The van der Waals surface area contributed by atoms with Crippen molar-refractivity contribution in [2.24, 2.45) is 5.92 Å². The third kappa shape index (κ3) is 4.05. The van der Waals surface area contributed by atoms with Crippen molar-refractivity contribution in [3.8, 4) is 0 Å². The molecule has 1 aromatic rings. The summed E-state index contributed by atoms with van der Waals surface area (Å²) >= 11 is 0. The zero-order chi connectivity index (χ0) is 11.9. The average Bonchev–Trinajstić information content (AvgIpc) is 2.83. The van der Waals surface area contributed by atoms with Crippen molar-refractivity contribution >= 4 is 12.0 Å². The van der Waals surface area contributed by atoms with E-state index in [4.69, 9.17) is 0 Å². The minimum atomic E-state index is -0.224. The Morgan fingerprint density at radius 3 is 2.94 bits per heavy atom. The Balaban J connectivity index is 1.59. The third-order valence-electron chi connectivity index (χ3n) is 3.21. The van der Waals surface area contributed by atoms with Gasteiger partial charge in [0.2, 0.25) is 5.95 Å². The second-order valence-corrected chi connectivity index (χ2v) is 4.51. The summed E-state index contributed by atoms with van der Waals surface area (Å²) in [7, 11) is 0. The Hall–Kier alpha value is -1.59. The molecule has 17 heavy (non-hydrogen) atoms. The van der Waals surface area contributed by atoms with E-state index >= 15 is 0 Å². The van der Waals surface area contributed by atoms with E-state index in [1.807, 2.05) is 0 Å². The molecule has 1 fully saturated rings. The van der Waals surface area contributed by atoms with Gasteiger partial charge in [0.15, 0.2) is 0 Å². The first-order valence-electron chi connectivity index (χ1n) is 6.25. The van der Waals surface area contributed by atoms with Gasteiger partial charge in [0, 0.05) is 6.54 Å². The molecule has 0 spiro atoms. The monoisotopic (exact) mass is 237 g/mol. The number of urea groups is 1. The van der Waals surface area contributed by atoms with E-state index in [1.165, 1.54) is 38.4 Å². The minimum Gasteiger partial charge on any atom is -0.338 e. The number of aromatic amines is 1. The number of hydrogen-bond donors (Lipinski definition) is 3. The van der Waals surface area contributed by atoms with Crippen LogP contribution in [0.4, 0.5) is 10.7 Å². The minimum absolute atomic E-state index is 0.224. The van der Waals surface area contributed by atoms with Gasteiger partial charge < -0.3 is 5.32 Å². The molecule has 0 bridgehead atoms. The van der Waals surface area contributed by atoms with Crippen LogP contribution in [0.2, 0.25) is 0 Å². The standard InChI is InChI=1S/C11H19N5O/c17-11(15-10-13-8-14-16-10)12-7-6-9-4-2-1-3-5-9/h8-9H,1-7H2,(H3,12,13,14,15,16,17). The van der Waals surface area contributed by atoms with Gasteiger partial charge in [0.05, 0.1) is 0 Å². The molecule has 3 N–H and O–H groups in total. The molecular weight excluding hydrogens is 218 g/mol. The molecular formula is C11H19N5O. The molecule has 1 aromatic heterocycles. The zero-order valence-electron chi connectivity index (χ0n) is 9.91. The van der Waals surface area contributed by atoms with Gasteiger partial charge in [-0.1, -0.05) is 32.1 Å². The number of nitrogens with zero attached hydrogens (tertiary/aromatic N) is 2. The lowest BCUT2D eigenvalue weighted by molar-refractivity contribution is 0.250. The summed E-state index contributed by atoms with van der Waals surface area (Å²) in [5.41, 5.74) is 0. The first-order valence-corrected chi connectivity index (χ1v) is 6.25. The second kappa shape index (κ2) is 6.22. The molecule has 1 saturated carbocycles. The predicted molar refractivity (Wildman–Crippen MR) is 64.6 cm³/mol. The Morgan fingerprint density at radius 1 is 1.41 bits per heavy atom. The van der Waals surface area contributed by atoms with Crippen LogP contribution in [0.5, 0.6) is 0 Å². The van der Waals surface area contributed by atoms with Crippen LogP contribution in [0.3, 0.4) is 0 Å². The summed E-state index contributed by atoms with van der Waals surface area (Å²) in [5, 5.41) is 11.6. The summed E-state index contributed by atoms with van der Waals surface area (Å²) in [6.45, 7) is 0.727. The number of aromatic nitrogens is 3. The van der Waals surface area contributed by atoms with Crippen molar-refractivity contribution in [2.45, 2.75) is 38.5 Å². The maximum atomic E-state index is 11.4. The highest BCUT2D eigenvalue weighted by atomic mass is 16.2. The number of amides is 2. The van der Waals surface area contributed by atoms with Gasteiger partial charge in [0.1, 0.15) is 6.33 Å². The normalized spacial score (nSPS) is 16.7. The van der Waals surface area contributed by atoms with E-state index in [9.17, 15) is 4.79 Å². The molecule has 2 amide bonds. The second-order valence-electron chi connectivity index (χ2n) is 4.51. The van der Waals surface area contributed by atoms with Crippen LogP contribution in [0.25, 0.3) is 0 Å². The van der Waals surface area contributed by atoms with Crippen molar-refractivity contribution < 1.29 is 4.79 Å². The zero-order valence-corrected chi connectivity index (χ0v) is 9.91. The van der Waals surface area contributed by atoms with E-state index in [0.717, 1.165) is 18.9 Å². The average molecular weight is 237 g/mol. The van der Waals surface area contributed by atoms with E-state index in [-0.39, 0.29) is 6.03 Å². The molecule has 0 saturated heterocycles. The lowest BCUT2D eigenvalue weighted by Crippen LogP contribution is -2.31. The Kier molecular flexibility index (Phi) is 4.35. The van der Waals surface area contributed by atoms with Gasteiger partial charge in [-0.25, -0.2) is 9.89 Å².